The van der Waals surface area contributed by atoms with Crippen molar-refractivity contribution in [3.05, 3.63) is 23.3 Å². The minimum absolute atomic E-state index is 0.0215. The van der Waals surface area contributed by atoms with Gasteiger partial charge < -0.3 is 9.84 Å². The Balaban J connectivity index is 1.75. The van der Waals surface area contributed by atoms with Crippen LogP contribution in [0.25, 0.3) is 0 Å². The molecule has 126 valence electrons. The molecule has 1 heterocycles. The number of aryl methyl sites for hydroxylation is 1. The van der Waals surface area contributed by atoms with Gasteiger partial charge >= 0.3 is 0 Å². The van der Waals surface area contributed by atoms with Crippen LogP contribution in [0.4, 0.5) is 0 Å². The summed E-state index contributed by atoms with van der Waals surface area (Å²) < 4.78 is 6.51. The normalized spacial score (nSPS) is 35.9. The fraction of sp³-hybridized carbons (Fsp3) is 0.714. The molecule has 2 aliphatic carbocycles. The van der Waals surface area contributed by atoms with E-state index in [9.17, 15) is 5.11 Å². The molecule has 4 atom stereocenters. The van der Waals surface area contributed by atoms with Crippen LogP contribution < -0.4 is 4.74 Å². The lowest BCUT2D eigenvalue weighted by atomic mass is 9.60. The maximum atomic E-state index is 10.8. The summed E-state index contributed by atoms with van der Waals surface area (Å²) >= 11 is 0. The van der Waals surface area contributed by atoms with Gasteiger partial charge in [-0.15, -0.1) is 0 Å². The van der Waals surface area contributed by atoms with E-state index in [2.05, 4.69) is 33.8 Å². The number of hydrogen-bond acceptors (Lipinski definition) is 2. The van der Waals surface area contributed by atoms with Gasteiger partial charge in [0, 0.05) is 17.4 Å². The van der Waals surface area contributed by atoms with Crippen molar-refractivity contribution in [3.8, 4) is 11.5 Å². The molecule has 2 bridgehead atoms. The second-order valence-electron chi connectivity index (χ2n) is 8.94. The lowest BCUT2D eigenvalue weighted by Crippen LogP contribution is -2.49. The molecule has 0 radical (unpaired) electrons. The smallest absolute Gasteiger partial charge is 0.127 e. The van der Waals surface area contributed by atoms with Crippen LogP contribution in [-0.4, -0.2) is 10.7 Å². The maximum absolute atomic E-state index is 10.8. The van der Waals surface area contributed by atoms with Crippen molar-refractivity contribution >= 4 is 0 Å². The average molecular weight is 314 g/mol. The second-order valence-corrected chi connectivity index (χ2v) is 8.94. The largest absolute Gasteiger partial charge is 0.508 e. The highest BCUT2D eigenvalue weighted by Gasteiger charge is 2.66. The van der Waals surface area contributed by atoms with Gasteiger partial charge in [-0.05, 0) is 61.6 Å². The number of phenolic OH excluding ortho intramolecular Hbond substituents is 1. The third kappa shape index (κ3) is 2.06. The molecule has 0 aromatic heterocycles. The zero-order chi connectivity index (χ0) is 16.4. The number of hydrogen-bond donors (Lipinski definition) is 1. The molecule has 1 aromatic carbocycles. The third-order valence-corrected chi connectivity index (χ3v) is 7.13. The summed E-state index contributed by atoms with van der Waals surface area (Å²) in [6.45, 7) is 9.31. The first-order chi connectivity index (χ1) is 10.9. The highest BCUT2D eigenvalue weighted by atomic mass is 16.5. The van der Waals surface area contributed by atoms with E-state index < -0.39 is 0 Å². The molecular formula is C21H30O2. The Hall–Kier alpha value is -1.18. The Morgan fingerprint density at radius 3 is 2.70 bits per heavy atom. The number of benzene rings is 1. The lowest BCUT2D eigenvalue weighted by molar-refractivity contribution is -0.0368. The van der Waals surface area contributed by atoms with Gasteiger partial charge in [0.1, 0.15) is 17.1 Å². The van der Waals surface area contributed by atoms with E-state index in [0.29, 0.717) is 17.6 Å². The summed E-state index contributed by atoms with van der Waals surface area (Å²) in [6, 6.07) is 4.22. The van der Waals surface area contributed by atoms with Gasteiger partial charge in [0.2, 0.25) is 0 Å². The van der Waals surface area contributed by atoms with Crippen LogP contribution in [-0.2, 0) is 6.42 Å². The van der Waals surface area contributed by atoms with Crippen molar-refractivity contribution < 1.29 is 9.84 Å². The van der Waals surface area contributed by atoms with Crippen molar-refractivity contribution in [2.45, 2.75) is 77.7 Å². The van der Waals surface area contributed by atoms with Gasteiger partial charge in [-0.2, -0.15) is 0 Å². The molecule has 2 nitrogen and oxygen atoms in total. The summed E-state index contributed by atoms with van der Waals surface area (Å²) in [5.74, 6) is 3.17. The highest BCUT2D eigenvalue weighted by molar-refractivity contribution is 5.54. The minimum Gasteiger partial charge on any atom is -0.508 e. The molecule has 1 N–H and O–H groups in total. The predicted octanol–water partition coefficient (Wildman–Crippen LogP) is 5.43. The van der Waals surface area contributed by atoms with Crippen molar-refractivity contribution in [1.29, 1.82) is 0 Å². The molecule has 2 heteroatoms. The first kappa shape index (κ1) is 15.4. The Morgan fingerprint density at radius 2 is 2.00 bits per heavy atom. The van der Waals surface area contributed by atoms with Gasteiger partial charge in [-0.1, -0.05) is 33.6 Å². The predicted molar refractivity (Wildman–Crippen MR) is 93.1 cm³/mol. The van der Waals surface area contributed by atoms with E-state index in [0.717, 1.165) is 23.7 Å². The van der Waals surface area contributed by atoms with Crippen molar-refractivity contribution in [1.82, 2.24) is 0 Å². The van der Waals surface area contributed by atoms with Crippen LogP contribution in [0.5, 0.6) is 11.5 Å². The van der Waals surface area contributed by atoms with Crippen molar-refractivity contribution in [2.75, 3.05) is 0 Å². The number of ether oxygens (including phenoxy) is 1. The second kappa shape index (κ2) is 4.91. The fourth-order valence-corrected chi connectivity index (χ4v) is 5.84. The molecule has 3 aliphatic rings. The molecule has 1 unspecified atom stereocenters. The lowest BCUT2D eigenvalue weighted by Gasteiger charge is -2.51. The standard InChI is InChI=1S/C21H30O2/c1-5-6-7-8-13-9-16(22)18-17(10-13)23-21(4)12-14-11-15(21)19(18)20(14,2)3/h9-10,14-15,19,22H,5-8,11-12H2,1-4H3/t14?,15-,19-,21+/m1/s1. The van der Waals surface area contributed by atoms with Crippen molar-refractivity contribution in [2.24, 2.45) is 17.3 Å². The molecule has 0 amide bonds. The summed E-state index contributed by atoms with van der Waals surface area (Å²) in [4.78, 5) is 0. The van der Waals surface area contributed by atoms with E-state index in [-0.39, 0.29) is 11.0 Å². The SMILES string of the molecule is CCCCCc1cc(O)c2c(c1)O[C@@]1(C)CC3C[C@@H]1[C@H]2C3(C)C. The first-order valence-electron chi connectivity index (χ1n) is 9.41. The molecule has 1 aromatic rings. The van der Waals surface area contributed by atoms with Crippen LogP contribution in [0.3, 0.4) is 0 Å². The monoisotopic (exact) mass is 314 g/mol. The van der Waals surface area contributed by atoms with Crippen LogP contribution >= 0.6 is 0 Å². The number of phenols is 1. The molecule has 0 spiro atoms. The van der Waals surface area contributed by atoms with Crippen LogP contribution in [0.2, 0.25) is 0 Å². The number of aromatic hydroxyl groups is 1. The summed E-state index contributed by atoms with van der Waals surface area (Å²) in [5.41, 5.74) is 2.57. The Bertz CT molecular complexity index is 633. The summed E-state index contributed by atoms with van der Waals surface area (Å²) in [6.07, 6.45) is 7.12. The zero-order valence-corrected chi connectivity index (χ0v) is 15.0. The first-order valence-corrected chi connectivity index (χ1v) is 9.41. The Kier molecular flexibility index (Phi) is 3.28. The number of unbranched alkanes of at least 4 members (excludes halogenated alkanes) is 2. The van der Waals surface area contributed by atoms with E-state index >= 15 is 0 Å². The summed E-state index contributed by atoms with van der Waals surface area (Å²) in [7, 11) is 0. The molecule has 4 rings (SSSR count). The van der Waals surface area contributed by atoms with Gasteiger partial charge in [-0.3, -0.25) is 0 Å². The quantitative estimate of drug-likeness (QED) is 0.751. The molecule has 23 heavy (non-hydrogen) atoms. The van der Waals surface area contributed by atoms with Gasteiger partial charge in [0.05, 0.1) is 0 Å². The van der Waals surface area contributed by atoms with E-state index in [1.807, 2.05) is 6.07 Å². The topological polar surface area (TPSA) is 29.5 Å². The number of rotatable bonds is 4. The molecular weight excluding hydrogens is 284 g/mol. The van der Waals surface area contributed by atoms with E-state index in [1.54, 1.807) is 0 Å². The van der Waals surface area contributed by atoms with Crippen LogP contribution in [0.15, 0.2) is 12.1 Å². The Labute approximate surface area is 140 Å². The summed E-state index contributed by atoms with van der Waals surface area (Å²) in [5, 5.41) is 10.8. The van der Waals surface area contributed by atoms with Crippen LogP contribution in [0, 0.1) is 17.3 Å². The van der Waals surface area contributed by atoms with E-state index in [4.69, 9.17) is 4.74 Å². The average Bonchev–Trinajstić information content (AvgIpc) is 2.93. The van der Waals surface area contributed by atoms with E-state index in [1.165, 1.54) is 37.7 Å². The molecule has 2 saturated carbocycles. The minimum atomic E-state index is -0.0215. The molecule has 2 fully saturated rings. The van der Waals surface area contributed by atoms with Crippen molar-refractivity contribution in [3.63, 3.8) is 0 Å². The van der Waals surface area contributed by atoms with Gasteiger partial charge in [-0.25, -0.2) is 0 Å². The third-order valence-electron chi connectivity index (χ3n) is 7.13. The van der Waals surface area contributed by atoms with Gasteiger partial charge in [0.25, 0.3) is 0 Å². The Morgan fingerprint density at radius 1 is 1.22 bits per heavy atom. The molecule has 1 aliphatic heterocycles. The number of fused-ring (bicyclic) bond motifs is 3. The fourth-order valence-electron chi connectivity index (χ4n) is 5.84. The zero-order valence-electron chi connectivity index (χ0n) is 15.0. The highest BCUT2D eigenvalue weighted by Crippen LogP contribution is 2.71. The molecule has 0 saturated heterocycles. The maximum Gasteiger partial charge on any atom is 0.127 e. The van der Waals surface area contributed by atoms with Gasteiger partial charge in [0.15, 0.2) is 0 Å². The van der Waals surface area contributed by atoms with Crippen LogP contribution in [0.1, 0.15) is 76.8 Å².